The van der Waals surface area contributed by atoms with Crippen LogP contribution in [0.1, 0.15) is 19.8 Å². The summed E-state index contributed by atoms with van der Waals surface area (Å²) in [5.74, 6) is 1.97. The number of aliphatic hydroxyl groups is 1. The zero-order chi connectivity index (χ0) is 13.8. The van der Waals surface area contributed by atoms with Gasteiger partial charge in [0, 0.05) is 26.2 Å². The van der Waals surface area contributed by atoms with Gasteiger partial charge in [0.15, 0.2) is 0 Å². The molecule has 2 N–H and O–H groups in total. The van der Waals surface area contributed by atoms with Crippen LogP contribution >= 0.6 is 23.2 Å². The van der Waals surface area contributed by atoms with Crippen molar-refractivity contribution in [3.8, 4) is 0 Å². The van der Waals surface area contributed by atoms with Crippen LogP contribution in [0.25, 0.3) is 0 Å². The third-order valence-corrected chi connectivity index (χ3v) is 3.94. The predicted octanol–water partition coefficient (Wildman–Crippen LogP) is 3.03. The standard InChI is InChI=1S/C13H19Cl2N3O/c1-2-16-12-10(14)7-11(15)13(17-12)18-5-3-9(8-18)4-6-19/h7,9,19H,2-6,8H2,1H3,(H,16,17). The maximum Gasteiger partial charge on any atom is 0.149 e. The molecule has 106 valence electrons. The number of aromatic nitrogens is 1. The highest BCUT2D eigenvalue weighted by molar-refractivity contribution is 6.37. The Morgan fingerprint density at radius 2 is 2.26 bits per heavy atom. The molecular formula is C13H19Cl2N3O. The maximum atomic E-state index is 9.00. The topological polar surface area (TPSA) is 48.4 Å². The minimum Gasteiger partial charge on any atom is -0.396 e. The lowest BCUT2D eigenvalue weighted by Gasteiger charge is -2.20. The fraction of sp³-hybridized carbons (Fsp3) is 0.615. The summed E-state index contributed by atoms with van der Waals surface area (Å²) < 4.78 is 0. The first kappa shape index (κ1) is 14.7. The van der Waals surface area contributed by atoms with E-state index in [-0.39, 0.29) is 6.61 Å². The highest BCUT2D eigenvalue weighted by Gasteiger charge is 2.25. The number of pyridine rings is 1. The van der Waals surface area contributed by atoms with E-state index in [1.54, 1.807) is 6.07 Å². The molecule has 19 heavy (non-hydrogen) atoms. The van der Waals surface area contributed by atoms with E-state index in [9.17, 15) is 0 Å². The van der Waals surface area contributed by atoms with Gasteiger partial charge in [0.05, 0.1) is 10.0 Å². The van der Waals surface area contributed by atoms with Crippen molar-refractivity contribution in [2.24, 2.45) is 5.92 Å². The molecule has 0 aliphatic carbocycles. The summed E-state index contributed by atoms with van der Waals surface area (Å²) >= 11 is 12.3. The van der Waals surface area contributed by atoms with Gasteiger partial charge < -0.3 is 15.3 Å². The van der Waals surface area contributed by atoms with Crippen LogP contribution in [0.15, 0.2) is 6.07 Å². The average Bonchev–Trinajstić information content (AvgIpc) is 2.82. The van der Waals surface area contributed by atoms with E-state index < -0.39 is 0 Å². The lowest BCUT2D eigenvalue weighted by Crippen LogP contribution is -2.22. The van der Waals surface area contributed by atoms with Crippen LogP contribution in [0.4, 0.5) is 11.6 Å². The van der Waals surface area contributed by atoms with Crippen LogP contribution in [0.2, 0.25) is 10.0 Å². The monoisotopic (exact) mass is 303 g/mol. The molecule has 1 aliphatic rings. The van der Waals surface area contributed by atoms with Crippen molar-refractivity contribution < 1.29 is 5.11 Å². The van der Waals surface area contributed by atoms with E-state index in [1.807, 2.05) is 6.92 Å². The minimum atomic E-state index is 0.239. The van der Waals surface area contributed by atoms with Crippen molar-refractivity contribution in [2.45, 2.75) is 19.8 Å². The maximum absolute atomic E-state index is 9.00. The minimum absolute atomic E-state index is 0.239. The van der Waals surface area contributed by atoms with Crippen molar-refractivity contribution in [3.05, 3.63) is 16.1 Å². The van der Waals surface area contributed by atoms with Crippen molar-refractivity contribution in [3.63, 3.8) is 0 Å². The molecule has 0 radical (unpaired) electrons. The fourth-order valence-electron chi connectivity index (χ4n) is 2.41. The summed E-state index contributed by atoms with van der Waals surface area (Å²) in [7, 11) is 0. The fourth-order valence-corrected chi connectivity index (χ4v) is 2.96. The summed E-state index contributed by atoms with van der Waals surface area (Å²) in [4.78, 5) is 6.69. The Morgan fingerprint density at radius 3 is 2.95 bits per heavy atom. The predicted molar refractivity (Wildman–Crippen MR) is 80.4 cm³/mol. The largest absolute Gasteiger partial charge is 0.396 e. The molecule has 0 aromatic carbocycles. The normalized spacial score (nSPS) is 18.9. The van der Waals surface area contributed by atoms with Crippen LogP contribution in [0, 0.1) is 5.92 Å². The highest BCUT2D eigenvalue weighted by Crippen LogP contribution is 2.34. The van der Waals surface area contributed by atoms with E-state index >= 15 is 0 Å². The second kappa shape index (κ2) is 6.64. The number of halogens is 2. The first-order valence-corrected chi connectivity index (χ1v) is 7.37. The molecule has 1 fully saturated rings. The number of nitrogens with zero attached hydrogens (tertiary/aromatic N) is 2. The Kier molecular flexibility index (Phi) is 5.13. The van der Waals surface area contributed by atoms with Crippen LogP contribution in [-0.4, -0.2) is 36.3 Å². The first-order valence-electron chi connectivity index (χ1n) is 6.61. The van der Waals surface area contributed by atoms with Crippen molar-refractivity contribution in [2.75, 3.05) is 36.5 Å². The Morgan fingerprint density at radius 1 is 1.47 bits per heavy atom. The van der Waals surface area contributed by atoms with E-state index in [0.717, 1.165) is 38.3 Å². The number of anilines is 2. The molecule has 0 spiro atoms. The van der Waals surface area contributed by atoms with E-state index in [2.05, 4.69) is 15.2 Å². The van der Waals surface area contributed by atoms with Gasteiger partial charge in [-0.25, -0.2) is 4.98 Å². The van der Waals surface area contributed by atoms with E-state index in [4.69, 9.17) is 28.3 Å². The molecule has 1 aromatic heterocycles. The third kappa shape index (κ3) is 3.44. The van der Waals surface area contributed by atoms with Gasteiger partial charge in [0.25, 0.3) is 0 Å². The number of hydrogen-bond acceptors (Lipinski definition) is 4. The zero-order valence-electron chi connectivity index (χ0n) is 11.0. The Bertz CT molecular complexity index is 442. The van der Waals surface area contributed by atoms with Gasteiger partial charge in [-0.2, -0.15) is 0 Å². The molecule has 0 bridgehead atoms. The molecule has 6 heteroatoms. The number of hydrogen-bond donors (Lipinski definition) is 2. The van der Waals surface area contributed by atoms with Gasteiger partial charge >= 0.3 is 0 Å². The molecular weight excluding hydrogens is 285 g/mol. The number of rotatable bonds is 5. The van der Waals surface area contributed by atoms with Crippen LogP contribution in [-0.2, 0) is 0 Å². The quantitative estimate of drug-likeness (QED) is 0.878. The summed E-state index contributed by atoms with van der Waals surface area (Å²) in [5, 5.41) is 13.3. The number of aliphatic hydroxyl groups excluding tert-OH is 1. The summed E-state index contributed by atoms with van der Waals surface area (Å²) in [6.07, 6.45) is 1.90. The highest BCUT2D eigenvalue weighted by atomic mass is 35.5. The van der Waals surface area contributed by atoms with Crippen LogP contribution < -0.4 is 10.2 Å². The zero-order valence-corrected chi connectivity index (χ0v) is 12.5. The number of nitrogens with one attached hydrogen (secondary N) is 1. The summed E-state index contributed by atoms with van der Waals surface area (Å²) in [6.45, 7) is 4.81. The van der Waals surface area contributed by atoms with Gasteiger partial charge in [-0.05, 0) is 31.7 Å². The van der Waals surface area contributed by atoms with Gasteiger partial charge in [0.1, 0.15) is 11.6 Å². The van der Waals surface area contributed by atoms with Crippen LogP contribution in [0.5, 0.6) is 0 Å². The van der Waals surface area contributed by atoms with Crippen LogP contribution in [0.3, 0.4) is 0 Å². The van der Waals surface area contributed by atoms with Crippen molar-refractivity contribution in [1.82, 2.24) is 4.98 Å². The van der Waals surface area contributed by atoms with Gasteiger partial charge in [-0.1, -0.05) is 23.2 Å². The summed E-state index contributed by atoms with van der Waals surface area (Å²) in [6, 6.07) is 1.74. The molecule has 1 saturated heterocycles. The van der Waals surface area contributed by atoms with Crippen molar-refractivity contribution in [1.29, 1.82) is 0 Å². The molecule has 2 rings (SSSR count). The molecule has 1 unspecified atom stereocenters. The lowest BCUT2D eigenvalue weighted by molar-refractivity contribution is 0.263. The molecule has 4 nitrogen and oxygen atoms in total. The molecule has 1 aliphatic heterocycles. The van der Waals surface area contributed by atoms with E-state index in [1.165, 1.54) is 0 Å². The SMILES string of the molecule is CCNc1nc(N2CCC(CCO)C2)c(Cl)cc1Cl. The molecule has 0 saturated carbocycles. The second-order valence-corrected chi connectivity index (χ2v) is 5.58. The molecule has 2 heterocycles. The Labute approximate surface area is 123 Å². The van der Waals surface area contributed by atoms with E-state index in [0.29, 0.717) is 21.8 Å². The third-order valence-electron chi connectivity index (χ3n) is 3.38. The van der Waals surface area contributed by atoms with Gasteiger partial charge in [0.2, 0.25) is 0 Å². The van der Waals surface area contributed by atoms with Crippen molar-refractivity contribution >= 4 is 34.8 Å². The average molecular weight is 304 g/mol. The molecule has 1 atom stereocenters. The van der Waals surface area contributed by atoms with Gasteiger partial charge in [-0.3, -0.25) is 0 Å². The molecule has 1 aromatic rings. The second-order valence-electron chi connectivity index (χ2n) is 4.77. The Hall–Kier alpha value is -0.710. The smallest absolute Gasteiger partial charge is 0.149 e. The summed E-state index contributed by atoms with van der Waals surface area (Å²) in [5.41, 5.74) is 0. The molecule has 0 amide bonds. The first-order chi connectivity index (χ1) is 9.15. The van der Waals surface area contributed by atoms with Gasteiger partial charge in [-0.15, -0.1) is 0 Å². The lowest BCUT2D eigenvalue weighted by atomic mass is 10.1. The Balaban J connectivity index is 2.18.